The van der Waals surface area contributed by atoms with Gasteiger partial charge < -0.3 is 15.1 Å². The SMILES string of the molecule is CC(=O)N(CC(=O)NCCCc1ccccc1)c1ccc(N(C)C)cc1. The molecule has 138 valence electrons. The first-order valence-electron chi connectivity index (χ1n) is 8.83. The molecule has 0 saturated heterocycles. The molecule has 0 bridgehead atoms. The van der Waals surface area contributed by atoms with Crippen molar-refractivity contribution in [3.8, 4) is 0 Å². The lowest BCUT2D eigenvalue weighted by atomic mass is 10.1. The molecule has 0 unspecified atom stereocenters. The van der Waals surface area contributed by atoms with Gasteiger partial charge in [-0.15, -0.1) is 0 Å². The Morgan fingerprint density at radius 3 is 2.12 bits per heavy atom. The number of carbonyl (C=O) groups is 2. The van der Waals surface area contributed by atoms with Crippen LogP contribution in [-0.2, 0) is 16.0 Å². The van der Waals surface area contributed by atoms with E-state index in [-0.39, 0.29) is 18.4 Å². The van der Waals surface area contributed by atoms with Gasteiger partial charge in [0.25, 0.3) is 0 Å². The molecule has 0 spiro atoms. The van der Waals surface area contributed by atoms with Gasteiger partial charge in [-0.05, 0) is 42.7 Å². The molecule has 2 amide bonds. The zero-order chi connectivity index (χ0) is 18.9. The van der Waals surface area contributed by atoms with Crippen molar-refractivity contribution in [2.24, 2.45) is 0 Å². The molecular formula is C21H27N3O2. The van der Waals surface area contributed by atoms with E-state index >= 15 is 0 Å². The summed E-state index contributed by atoms with van der Waals surface area (Å²) >= 11 is 0. The number of rotatable bonds is 8. The molecular weight excluding hydrogens is 326 g/mol. The van der Waals surface area contributed by atoms with Gasteiger partial charge in [-0.2, -0.15) is 0 Å². The number of hydrogen-bond donors (Lipinski definition) is 1. The largest absolute Gasteiger partial charge is 0.378 e. The van der Waals surface area contributed by atoms with E-state index in [4.69, 9.17) is 0 Å². The van der Waals surface area contributed by atoms with Gasteiger partial charge in [-0.1, -0.05) is 30.3 Å². The summed E-state index contributed by atoms with van der Waals surface area (Å²) in [4.78, 5) is 27.6. The number of benzene rings is 2. The van der Waals surface area contributed by atoms with Gasteiger partial charge >= 0.3 is 0 Å². The molecule has 0 aliphatic rings. The standard InChI is InChI=1S/C21H27N3O2/c1-17(25)24(20-13-11-19(12-14-20)23(2)3)16-21(26)22-15-7-10-18-8-5-4-6-9-18/h4-6,8-9,11-14H,7,10,15-16H2,1-3H3,(H,22,26). The summed E-state index contributed by atoms with van der Waals surface area (Å²) in [5, 5.41) is 2.90. The van der Waals surface area contributed by atoms with Crippen molar-refractivity contribution < 1.29 is 9.59 Å². The molecule has 26 heavy (non-hydrogen) atoms. The Hall–Kier alpha value is -2.82. The van der Waals surface area contributed by atoms with E-state index in [0.717, 1.165) is 24.2 Å². The fourth-order valence-electron chi connectivity index (χ4n) is 2.68. The summed E-state index contributed by atoms with van der Waals surface area (Å²) in [6.45, 7) is 2.10. The van der Waals surface area contributed by atoms with Crippen molar-refractivity contribution in [1.29, 1.82) is 0 Å². The molecule has 2 aromatic carbocycles. The Morgan fingerprint density at radius 2 is 1.54 bits per heavy atom. The number of aryl methyl sites for hydroxylation is 1. The highest BCUT2D eigenvalue weighted by molar-refractivity contribution is 5.97. The zero-order valence-corrected chi connectivity index (χ0v) is 15.7. The van der Waals surface area contributed by atoms with E-state index in [1.165, 1.54) is 17.4 Å². The minimum Gasteiger partial charge on any atom is -0.378 e. The molecule has 0 saturated carbocycles. The van der Waals surface area contributed by atoms with Gasteiger partial charge in [0.2, 0.25) is 11.8 Å². The van der Waals surface area contributed by atoms with E-state index in [1.54, 1.807) is 0 Å². The maximum Gasteiger partial charge on any atom is 0.240 e. The van der Waals surface area contributed by atoms with Crippen LogP contribution in [0.1, 0.15) is 18.9 Å². The summed E-state index contributed by atoms with van der Waals surface area (Å²) in [5.41, 5.74) is 3.03. The van der Waals surface area contributed by atoms with Crippen LogP contribution in [0.4, 0.5) is 11.4 Å². The fourth-order valence-corrected chi connectivity index (χ4v) is 2.68. The molecule has 2 aromatic rings. The molecule has 5 heteroatoms. The highest BCUT2D eigenvalue weighted by Crippen LogP contribution is 2.19. The second-order valence-corrected chi connectivity index (χ2v) is 6.46. The van der Waals surface area contributed by atoms with Gasteiger partial charge in [-0.25, -0.2) is 0 Å². The number of carbonyl (C=O) groups excluding carboxylic acids is 2. The normalized spacial score (nSPS) is 10.3. The Morgan fingerprint density at radius 1 is 0.923 bits per heavy atom. The van der Waals surface area contributed by atoms with Gasteiger partial charge in [-0.3, -0.25) is 9.59 Å². The first kappa shape index (κ1) is 19.5. The summed E-state index contributed by atoms with van der Waals surface area (Å²) in [6.07, 6.45) is 1.79. The maximum atomic E-state index is 12.2. The predicted octanol–water partition coefficient (Wildman–Crippen LogP) is 2.85. The Balaban J connectivity index is 1.84. The quantitative estimate of drug-likeness (QED) is 0.743. The molecule has 0 aliphatic heterocycles. The number of nitrogens with one attached hydrogen (secondary N) is 1. The lowest BCUT2D eigenvalue weighted by molar-refractivity contribution is -0.123. The maximum absolute atomic E-state index is 12.2. The van der Waals surface area contributed by atoms with Crippen LogP contribution < -0.4 is 15.1 Å². The molecule has 0 fully saturated rings. The van der Waals surface area contributed by atoms with E-state index < -0.39 is 0 Å². The highest BCUT2D eigenvalue weighted by Gasteiger charge is 2.15. The van der Waals surface area contributed by atoms with E-state index in [1.807, 2.05) is 61.5 Å². The third-order valence-electron chi connectivity index (χ3n) is 4.17. The Bertz CT molecular complexity index is 712. The average Bonchev–Trinajstić information content (AvgIpc) is 2.64. The van der Waals surface area contributed by atoms with Gasteiger partial charge in [0.15, 0.2) is 0 Å². The van der Waals surface area contributed by atoms with Gasteiger partial charge in [0.1, 0.15) is 6.54 Å². The molecule has 0 aromatic heterocycles. The molecule has 0 aliphatic carbocycles. The summed E-state index contributed by atoms with van der Waals surface area (Å²) in [5.74, 6) is -0.299. The summed E-state index contributed by atoms with van der Waals surface area (Å²) in [7, 11) is 3.92. The fraction of sp³-hybridized carbons (Fsp3) is 0.333. The first-order chi connectivity index (χ1) is 12.5. The highest BCUT2D eigenvalue weighted by atomic mass is 16.2. The molecule has 1 N–H and O–H groups in total. The van der Waals surface area contributed by atoms with Crippen LogP contribution in [0.5, 0.6) is 0 Å². The number of anilines is 2. The smallest absolute Gasteiger partial charge is 0.240 e. The second-order valence-electron chi connectivity index (χ2n) is 6.46. The summed E-state index contributed by atoms with van der Waals surface area (Å²) in [6, 6.07) is 17.8. The van der Waals surface area contributed by atoms with E-state index in [2.05, 4.69) is 17.4 Å². The first-order valence-corrected chi connectivity index (χ1v) is 8.83. The van der Waals surface area contributed by atoms with Crippen LogP contribution in [0.15, 0.2) is 54.6 Å². The molecule has 0 radical (unpaired) electrons. The Labute approximate surface area is 155 Å². The monoisotopic (exact) mass is 353 g/mol. The number of hydrogen-bond acceptors (Lipinski definition) is 3. The van der Waals surface area contributed by atoms with Crippen LogP contribution in [0.3, 0.4) is 0 Å². The van der Waals surface area contributed by atoms with Gasteiger partial charge in [0, 0.05) is 38.9 Å². The lowest BCUT2D eigenvalue weighted by Crippen LogP contribution is -2.40. The van der Waals surface area contributed by atoms with Gasteiger partial charge in [0.05, 0.1) is 0 Å². The summed E-state index contributed by atoms with van der Waals surface area (Å²) < 4.78 is 0. The zero-order valence-electron chi connectivity index (χ0n) is 15.7. The van der Waals surface area contributed by atoms with E-state index in [9.17, 15) is 9.59 Å². The molecule has 0 heterocycles. The van der Waals surface area contributed by atoms with Crippen molar-refractivity contribution in [3.05, 3.63) is 60.2 Å². The lowest BCUT2D eigenvalue weighted by Gasteiger charge is -2.22. The topological polar surface area (TPSA) is 52.7 Å². The minimum atomic E-state index is -0.151. The van der Waals surface area contributed by atoms with Crippen molar-refractivity contribution in [2.75, 3.05) is 37.0 Å². The Kier molecular flexibility index (Phi) is 7.21. The van der Waals surface area contributed by atoms with Crippen LogP contribution in [0.2, 0.25) is 0 Å². The second kappa shape index (κ2) is 9.61. The van der Waals surface area contributed by atoms with Crippen LogP contribution in [0.25, 0.3) is 0 Å². The molecule has 2 rings (SSSR count). The van der Waals surface area contributed by atoms with Crippen LogP contribution in [-0.4, -0.2) is 39.0 Å². The van der Waals surface area contributed by atoms with E-state index in [0.29, 0.717) is 6.54 Å². The predicted molar refractivity (Wildman–Crippen MR) is 107 cm³/mol. The van der Waals surface area contributed by atoms with Crippen LogP contribution in [0, 0.1) is 0 Å². The van der Waals surface area contributed by atoms with Crippen molar-refractivity contribution in [2.45, 2.75) is 19.8 Å². The number of amides is 2. The van der Waals surface area contributed by atoms with Crippen LogP contribution >= 0.6 is 0 Å². The third-order valence-corrected chi connectivity index (χ3v) is 4.17. The average molecular weight is 353 g/mol. The molecule has 5 nitrogen and oxygen atoms in total. The third kappa shape index (κ3) is 5.92. The molecule has 0 atom stereocenters. The van der Waals surface area contributed by atoms with Crippen molar-refractivity contribution in [3.63, 3.8) is 0 Å². The number of nitrogens with zero attached hydrogens (tertiary/aromatic N) is 2. The van der Waals surface area contributed by atoms with Crippen molar-refractivity contribution in [1.82, 2.24) is 5.32 Å². The van der Waals surface area contributed by atoms with Crippen molar-refractivity contribution >= 4 is 23.2 Å². The minimum absolute atomic E-state index is 0.0297.